The predicted molar refractivity (Wildman–Crippen MR) is 193 cm³/mol. The van der Waals surface area contributed by atoms with Crippen molar-refractivity contribution in [2.75, 3.05) is 33.3 Å². The summed E-state index contributed by atoms with van der Waals surface area (Å²) in [5, 5.41) is 3.95. The maximum absolute atomic E-state index is 14.9. The largest absolute Gasteiger partial charge is 0.493 e. The average Bonchev–Trinajstić information content (AvgIpc) is 3.92. The highest BCUT2D eigenvalue weighted by molar-refractivity contribution is 6.10. The van der Waals surface area contributed by atoms with Gasteiger partial charge in [0.25, 0.3) is 5.91 Å². The van der Waals surface area contributed by atoms with Crippen molar-refractivity contribution in [3.8, 4) is 22.8 Å². The zero-order chi connectivity index (χ0) is 35.8. The standard InChI is InChI=1S/C41H47F3N4O3/c1-27(2)51-36-24-32-34(25-35(36)50-3)45-38(28-11-10-14-30(23-28)41(42,43)44)33(26-47-21-15-31(16-22-47)48-19-8-5-9-20-48)37(32)39(49)46-40(17-18-40)29-12-6-4-7-13-29/h4,6-7,10-14,23-25,27,31H,5,8-9,15-22,26H2,1-3H3,(H,46,49). The number of likely N-dealkylation sites (tertiary alicyclic amines) is 2. The first-order valence-electron chi connectivity index (χ1n) is 18.3. The van der Waals surface area contributed by atoms with Gasteiger partial charge in [-0.15, -0.1) is 0 Å². The Morgan fingerprint density at radius 2 is 1.67 bits per heavy atom. The molecule has 0 bridgehead atoms. The van der Waals surface area contributed by atoms with Crippen LogP contribution in [-0.4, -0.2) is 66.1 Å². The van der Waals surface area contributed by atoms with Gasteiger partial charge in [-0.1, -0.05) is 48.9 Å². The van der Waals surface area contributed by atoms with Crippen LogP contribution in [-0.2, 0) is 18.3 Å². The van der Waals surface area contributed by atoms with E-state index in [1.54, 1.807) is 18.2 Å². The van der Waals surface area contributed by atoms with Crippen LogP contribution < -0.4 is 14.8 Å². The van der Waals surface area contributed by atoms with E-state index >= 15 is 0 Å². The number of nitrogens with zero attached hydrogens (tertiary/aromatic N) is 3. The number of halogens is 3. The number of piperidine rings is 2. The first-order chi connectivity index (χ1) is 24.5. The molecule has 1 aliphatic carbocycles. The molecule has 10 heteroatoms. The summed E-state index contributed by atoms with van der Waals surface area (Å²) < 4.78 is 54.1. The lowest BCUT2D eigenvalue weighted by Crippen LogP contribution is -2.46. The molecule has 2 aliphatic heterocycles. The van der Waals surface area contributed by atoms with Crippen molar-refractivity contribution in [2.24, 2.45) is 0 Å². The highest BCUT2D eigenvalue weighted by atomic mass is 19.4. The van der Waals surface area contributed by atoms with E-state index in [2.05, 4.69) is 15.1 Å². The fraction of sp³-hybridized carbons (Fsp3) is 0.463. The number of carbonyl (C=O) groups is 1. The minimum Gasteiger partial charge on any atom is -0.493 e. The predicted octanol–water partition coefficient (Wildman–Crippen LogP) is 8.59. The van der Waals surface area contributed by atoms with Crippen LogP contribution in [0.1, 0.15) is 85.8 Å². The summed E-state index contributed by atoms with van der Waals surface area (Å²) in [7, 11) is 1.54. The molecule has 3 aliphatic rings. The van der Waals surface area contributed by atoms with Gasteiger partial charge in [-0.3, -0.25) is 9.69 Å². The minimum absolute atomic E-state index is 0.167. The molecule has 2 saturated heterocycles. The average molecular weight is 701 g/mol. The van der Waals surface area contributed by atoms with Crippen LogP contribution in [0, 0.1) is 0 Å². The third-order valence-corrected chi connectivity index (χ3v) is 10.7. The van der Waals surface area contributed by atoms with Gasteiger partial charge < -0.3 is 19.7 Å². The van der Waals surface area contributed by atoms with E-state index in [1.165, 1.54) is 32.4 Å². The van der Waals surface area contributed by atoms with Crippen LogP contribution in [0.4, 0.5) is 13.2 Å². The molecule has 0 radical (unpaired) electrons. The lowest BCUT2D eigenvalue weighted by Gasteiger charge is -2.40. The van der Waals surface area contributed by atoms with Crippen LogP contribution in [0.25, 0.3) is 22.2 Å². The summed E-state index contributed by atoms with van der Waals surface area (Å²) in [5.74, 6) is 0.622. The summed E-state index contributed by atoms with van der Waals surface area (Å²) in [6.07, 6.45) is 2.64. The lowest BCUT2D eigenvalue weighted by atomic mass is 9.93. The second-order valence-electron chi connectivity index (χ2n) is 14.6. The number of fused-ring (bicyclic) bond motifs is 1. The third kappa shape index (κ3) is 7.58. The third-order valence-electron chi connectivity index (χ3n) is 10.7. The first kappa shape index (κ1) is 35.3. The van der Waals surface area contributed by atoms with E-state index < -0.39 is 17.3 Å². The van der Waals surface area contributed by atoms with Crippen molar-refractivity contribution >= 4 is 16.8 Å². The normalized spacial score (nSPS) is 18.6. The maximum Gasteiger partial charge on any atom is 0.416 e. The van der Waals surface area contributed by atoms with Gasteiger partial charge in [-0.25, -0.2) is 4.98 Å². The van der Waals surface area contributed by atoms with Gasteiger partial charge in [-0.2, -0.15) is 13.2 Å². The SMILES string of the molecule is COc1cc2nc(-c3cccc(C(F)(F)F)c3)c(CN3CCC(N4CCCCC4)CC3)c(C(=O)NC3(c4ccccc4)CC3)c2cc1OC(C)C. The Labute approximate surface area is 298 Å². The van der Waals surface area contributed by atoms with Crippen molar-refractivity contribution in [1.82, 2.24) is 20.1 Å². The Bertz CT molecular complexity index is 1860. The molecule has 1 amide bonds. The van der Waals surface area contributed by atoms with Crippen LogP contribution in [0.3, 0.4) is 0 Å². The zero-order valence-corrected chi connectivity index (χ0v) is 29.7. The smallest absolute Gasteiger partial charge is 0.416 e. The van der Waals surface area contributed by atoms with Gasteiger partial charge in [0.2, 0.25) is 0 Å². The number of hydrogen-bond acceptors (Lipinski definition) is 6. The van der Waals surface area contributed by atoms with Crippen LogP contribution in [0.2, 0.25) is 0 Å². The second-order valence-corrected chi connectivity index (χ2v) is 14.6. The fourth-order valence-corrected chi connectivity index (χ4v) is 7.91. The molecule has 7 nitrogen and oxygen atoms in total. The van der Waals surface area contributed by atoms with Crippen molar-refractivity contribution in [3.05, 3.63) is 89.0 Å². The number of benzene rings is 3. The number of aromatic nitrogens is 1. The molecule has 3 aromatic carbocycles. The summed E-state index contributed by atoms with van der Waals surface area (Å²) in [6, 6.07) is 19.3. The van der Waals surface area contributed by atoms with Crippen molar-refractivity contribution < 1.29 is 27.4 Å². The highest BCUT2D eigenvalue weighted by Gasteiger charge is 2.46. The van der Waals surface area contributed by atoms with E-state index in [1.807, 2.05) is 44.2 Å². The summed E-state index contributed by atoms with van der Waals surface area (Å²) in [6.45, 7) is 8.12. The quantitative estimate of drug-likeness (QED) is 0.179. The number of methoxy groups -OCH3 is 1. The molecule has 0 atom stereocenters. The maximum atomic E-state index is 14.9. The van der Waals surface area contributed by atoms with Gasteiger partial charge in [-0.05, 0) is 102 Å². The van der Waals surface area contributed by atoms with Crippen molar-refractivity contribution in [1.29, 1.82) is 0 Å². The van der Waals surface area contributed by atoms with E-state index in [4.69, 9.17) is 14.5 Å². The van der Waals surface area contributed by atoms with Gasteiger partial charge in [0, 0.05) is 35.2 Å². The van der Waals surface area contributed by atoms with E-state index in [0.717, 1.165) is 69.6 Å². The molecule has 4 aromatic rings. The first-order valence-corrected chi connectivity index (χ1v) is 18.3. The van der Waals surface area contributed by atoms with Gasteiger partial charge in [0.15, 0.2) is 11.5 Å². The topological polar surface area (TPSA) is 66.9 Å². The zero-order valence-electron chi connectivity index (χ0n) is 29.7. The number of carbonyl (C=O) groups excluding carboxylic acids is 1. The molecule has 1 aromatic heterocycles. The number of nitrogens with one attached hydrogen (secondary N) is 1. The molecule has 51 heavy (non-hydrogen) atoms. The van der Waals surface area contributed by atoms with E-state index in [-0.39, 0.29) is 12.0 Å². The number of hydrogen-bond donors (Lipinski definition) is 1. The molecule has 0 unspecified atom stereocenters. The Morgan fingerprint density at radius 1 is 0.941 bits per heavy atom. The molecular formula is C41H47F3N4O3. The molecule has 270 valence electrons. The molecular weight excluding hydrogens is 653 g/mol. The number of amides is 1. The highest BCUT2D eigenvalue weighted by Crippen LogP contribution is 2.47. The van der Waals surface area contributed by atoms with Gasteiger partial charge in [0.05, 0.1) is 41.1 Å². The Balaban J connectivity index is 1.37. The summed E-state index contributed by atoms with van der Waals surface area (Å²) in [5.41, 5.74) is 1.88. The summed E-state index contributed by atoms with van der Waals surface area (Å²) >= 11 is 0. The Hall–Kier alpha value is -4.15. The number of pyridine rings is 1. The lowest BCUT2D eigenvalue weighted by molar-refractivity contribution is -0.137. The number of alkyl halides is 3. The number of rotatable bonds is 10. The molecule has 3 fully saturated rings. The Morgan fingerprint density at radius 3 is 2.31 bits per heavy atom. The van der Waals surface area contributed by atoms with Crippen LogP contribution >= 0.6 is 0 Å². The summed E-state index contributed by atoms with van der Waals surface area (Å²) in [4.78, 5) is 24.9. The van der Waals surface area contributed by atoms with Crippen LogP contribution in [0.15, 0.2) is 66.7 Å². The Kier molecular flexibility index (Phi) is 10.0. The molecule has 7 rings (SSSR count). The second kappa shape index (κ2) is 14.5. The molecule has 3 heterocycles. The monoisotopic (exact) mass is 700 g/mol. The molecule has 1 N–H and O–H groups in total. The van der Waals surface area contributed by atoms with E-state index in [0.29, 0.717) is 57.4 Å². The minimum atomic E-state index is -4.54. The molecule has 0 spiro atoms. The van der Waals surface area contributed by atoms with E-state index in [9.17, 15) is 18.0 Å². The van der Waals surface area contributed by atoms with Crippen molar-refractivity contribution in [2.45, 2.75) is 89.2 Å². The van der Waals surface area contributed by atoms with Gasteiger partial charge >= 0.3 is 6.18 Å². The fourth-order valence-electron chi connectivity index (χ4n) is 7.91. The molecule has 1 saturated carbocycles. The van der Waals surface area contributed by atoms with Crippen LogP contribution in [0.5, 0.6) is 11.5 Å². The van der Waals surface area contributed by atoms with Gasteiger partial charge in [0.1, 0.15) is 0 Å². The van der Waals surface area contributed by atoms with Crippen molar-refractivity contribution in [3.63, 3.8) is 0 Å². The number of ether oxygens (including phenoxy) is 2.